The van der Waals surface area contributed by atoms with Gasteiger partial charge in [-0.3, -0.25) is 9.69 Å². The Labute approximate surface area is 240 Å². The summed E-state index contributed by atoms with van der Waals surface area (Å²) >= 11 is 0. The largest absolute Gasteiger partial charge is 0.379 e. The number of halogens is 1. The lowest BCUT2D eigenvalue weighted by molar-refractivity contribution is 0.0383. The zero-order valence-corrected chi connectivity index (χ0v) is 23.3. The molecule has 0 spiro atoms. The van der Waals surface area contributed by atoms with Gasteiger partial charge in [0.25, 0.3) is 5.91 Å². The summed E-state index contributed by atoms with van der Waals surface area (Å²) in [6, 6.07) is 21.4. The van der Waals surface area contributed by atoms with Crippen LogP contribution in [0.3, 0.4) is 0 Å². The standard InChI is InChI=1S/C32H38FN5O3/c33-28-8-4-5-9-29(28)36-32(40)35-26-10-11-30(27(23-26)31(39)34-14-17-37-18-20-41-21-19-37)38-15-12-25(13-16-38)22-24-6-2-1-3-7-24/h1-11,23,25H,12-22H2,(H,34,39)(H2,35,36,40). The van der Waals surface area contributed by atoms with Crippen molar-refractivity contribution in [1.82, 2.24) is 10.2 Å². The average molecular weight is 560 g/mol. The van der Waals surface area contributed by atoms with Crippen molar-refractivity contribution in [3.8, 4) is 0 Å². The quantitative estimate of drug-likeness (QED) is 0.344. The topological polar surface area (TPSA) is 85.9 Å². The van der Waals surface area contributed by atoms with Gasteiger partial charge in [-0.15, -0.1) is 0 Å². The molecule has 2 saturated heterocycles. The summed E-state index contributed by atoms with van der Waals surface area (Å²) in [5.41, 5.74) is 3.26. The molecule has 9 heteroatoms. The monoisotopic (exact) mass is 559 g/mol. The van der Waals surface area contributed by atoms with Crippen molar-refractivity contribution in [1.29, 1.82) is 0 Å². The lowest BCUT2D eigenvalue weighted by atomic mass is 9.89. The molecule has 2 aliphatic heterocycles. The van der Waals surface area contributed by atoms with Crippen LogP contribution >= 0.6 is 0 Å². The summed E-state index contributed by atoms with van der Waals surface area (Å²) in [5.74, 6) is -0.103. The molecule has 2 fully saturated rings. The Morgan fingerprint density at radius 3 is 2.37 bits per heavy atom. The third-order valence-corrected chi connectivity index (χ3v) is 7.76. The fourth-order valence-corrected chi connectivity index (χ4v) is 5.49. The minimum Gasteiger partial charge on any atom is -0.379 e. The minimum absolute atomic E-state index is 0.0843. The third-order valence-electron chi connectivity index (χ3n) is 7.76. The lowest BCUT2D eigenvalue weighted by Gasteiger charge is -2.35. The molecule has 0 aromatic heterocycles. The number of nitrogens with one attached hydrogen (secondary N) is 3. The molecule has 0 unspecified atom stereocenters. The lowest BCUT2D eigenvalue weighted by Crippen LogP contribution is -2.41. The molecule has 0 saturated carbocycles. The van der Waals surface area contributed by atoms with Crippen LogP contribution in [0.4, 0.5) is 26.2 Å². The second-order valence-electron chi connectivity index (χ2n) is 10.6. The van der Waals surface area contributed by atoms with Gasteiger partial charge in [-0.25, -0.2) is 9.18 Å². The molecule has 216 valence electrons. The van der Waals surface area contributed by atoms with Crippen molar-refractivity contribution in [2.45, 2.75) is 19.3 Å². The number of carbonyl (C=O) groups is 2. The Balaban J connectivity index is 1.26. The average Bonchev–Trinajstić information content (AvgIpc) is 3.00. The first-order valence-electron chi connectivity index (χ1n) is 14.4. The van der Waals surface area contributed by atoms with Crippen LogP contribution in [0.5, 0.6) is 0 Å². The highest BCUT2D eigenvalue weighted by atomic mass is 19.1. The van der Waals surface area contributed by atoms with Crippen LogP contribution in [0.25, 0.3) is 0 Å². The van der Waals surface area contributed by atoms with Crippen LogP contribution in [-0.2, 0) is 11.2 Å². The normalized spacial score (nSPS) is 16.3. The maximum atomic E-state index is 14.0. The second-order valence-corrected chi connectivity index (χ2v) is 10.6. The molecule has 2 aliphatic rings. The van der Waals surface area contributed by atoms with E-state index in [9.17, 15) is 14.0 Å². The number of hydrogen-bond donors (Lipinski definition) is 3. The number of urea groups is 1. The first kappa shape index (κ1) is 28.6. The molecule has 41 heavy (non-hydrogen) atoms. The van der Waals surface area contributed by atoms with Gasteiger partial charge in [0.15, 0.2) is 0 Å². The van der Waals surface area contributed by atoms with Crippen LogP contribution in [-0.4, -0.2) is 69.3 Å². The van der Waals surface area contributed by atoms with E-state index in [4.69, 9.17) is 4.74 Å². The summed E-state index contributed by atoms with van der Waals surface area (Å²) in [4.78, 5) is 30.6. The van der Waals surface area contributed by atoms with Crippen molar-refractivity contribution in [3.05, 3.63) is 89.7 Å². The van der Waals surface area contributed by atoms with E-state index in [1.54, 1.807) is 24.3 Å². The molecular weight excluding hydrogens is 521 g/mol. The van der Waals surface area contributed by atoms with Gasteiger partial charge in [0, 0.05) is 50.6 Å². The highest BCUT2D eigenvalue weighted by Crippen LogP contribution is 2.30. The molecule has 5 rings (SSSR count). The number of ether oxygens (including phenoxy) is 1. The molecule has 0 bridgehead atoms. The van der Waals surface area contributed by atoms with E-state index >= 15 is 0 Å². The summed E-state index contributed by atoms with van der Waals surface area (Å²) in [7, 11) is 0. The van der Waals surface area contributed by atoms with E-state index in [1.807, 2.05) is 12.1 Å². The highest BCUT2D eigenvalue weighted by molar-refractivity contribution is 6.04. The van der Waals surface area contributed by atoms with Crippen LogP contribution in [0.1, 0.15) is 28.8 Å². The predicted molar refractivity (Wildman–Crippen MR) is 160 cm³/mol. The molecule has 3 aromatic rings. The number of morpholine rings is 1. The smallest absolute Gasteiger partial charge is 0.323 e. The number of anilines is 3. The predicted octanol–water partition coefficient (Wildman–Crippen LogP) is 4.99. The van der Waals surface area contributed by atoms with Crippen LogP contribution in [0, 0.1) is 11.7 Å². The highest BCUT2D eigenvalue weighted by Gasteiger charge is 2.24. The summed E-state index contributed by atoms with van der Waals surface area (Å²) < 4.78 is 19.4. The van der Waals surface area contributed by atoms with Crippen LogP contribution in [0.15, 0.2) is 72.8 Å². The van der Waals surface area contributed by atoms with Crippen molar-refractivity contribution in [3.63, 3.8) is 0 Å². The Kier molecular flexibility index (Phi) is 9.82. The summed E-state index contributed by atoms with van der Waals surface area (Å²) in [5, 5.41) is 8.35. The molecular formula is C32H38FN5O3. The Bertz CT molecular complexity index is 1310. The van der Waals surface area contributed by atoms with Crippen LogP contribution < -0.4 is 20.9 Å². The number of nitrogens with zero attached hydrogens (tertiary/aromatic N) is 2. The second kappa shape index (κ2) is 14.1. The third kappa shape index (κ3) is 8.05. The van der Waals surface area contributed by atoms with E-state index in [1.165, 1.54) is 17.7 Å². The number of benzene rings is 3. The van der Waals surface area contributed by atoms with E-state index in [0.29, 0.717) is 36.9 Å². The Morgan fingerprint density at radius 1 is 0.878 bits per heavy atom. The fraction of sp³-hybridized carbons (Fsp3) is 0.375. The van der Waals surface area contributed by atoms with E-state index in [0.717, 1.165) is 57.7 Å². The van der Waals surface area contributed by atoms with Gasteiger partial charge in [-0.2, -0.15) is 0 Å². The number of rotatable bonds is 9. The zero-order chi connectivity index (χ0) is 28.4. The molecule has 2 heterocycles. The maximum absolute atomic E-state index is 14.0. The first-order valence-corrected chi connectivity index (χ1v) is 14.4. The Hall–Kier alpha value is -3.95. The van der Waals surface area contributed by atoms with Gasteiger partial charge < -0.3 is 25.6 Å². The van der Waals surface area contributed by atoms with Gasteiger partial charge in [-0.1, -0.05) is 42.5 Å². The van der Waals surface area contributed by atoms with E-state index in [-0.39, 0.29) is 11.6 Å². The van der Waals surface area contributed by atoms with Gasteiger partial charge in [0.1, 0.15) is 5.82 Å². The number of carbonyl (C=O) groups excluding carboxylic acids is 2. The first-order chi connectivity index (χ1) is 20.0. The van der Waals surface area contributed by atoms with E-state index in [2.05, 4.69) is 50.0 Å². The van der Waals surface area contributed by atoms with Gasteiger partial charge >= 0.3 is 6.03 Å². The summed E-state index contributed by atoms with van der Waals surface area (Å²) in [6.07, 6.45) is 3.14. The van der Waals surface area contributed by atoms with Crippen molar-refractivity contribution in [2.24, 2.45) is 5.92 Å². The van der Waals surface area contributed by atoms with Crippen molar-refractivity contribution in [2.75, 3.05) is 68.0 Å². The number of hydrogen-bond acceptors (Lipinski definition) is 5. The van der Waals surface area contributed by atoms with E-state index < -0.39 is 11.8 Å². The number of amides is 3. The Morgan fingerprint density at radius 2 is 1.61 bits per heavy atom. The van der Waals surface area contributed by atoms with Crippen molar-refractivity contribution < 1.29 is 18.7 Å². The van der Waals surface area contributed by atoms with Gasteiger partial charge in [-0.05, 0) is 61.1 Å². The zero-order valence-electron chi connectivity index (χ0n) is 23.3. The molecule has 3 aromatic carbocycles. The SMILES string of the molecule is O=C(Nc1ccc(N2CCC(Cc3ccccc3)CC2)c(C(=O)NCCN2CCOCC2)c1)Nc1ccccc1F. The molecule has 3 N–H and O–H groups in total. The van der Waals surface area contributed by atoms with Crippen LogP contribution in [0.2, 0.25) is 0 Å². The minimum atomic E-state index is -0.580. The molecule has 0 atom stereocenters. The number of piperidine rings is 1. The van der Waals surface area contributed by atoms with Crippen molar-refractivity contribution >= 4 is 29.0 Å². The molecule has 3 amide bonds. The fourth-order valence-electron chi connectivity index (χ4n) is 5.49. The molecule has 8 nitrogen and oxygen atoms in total. The molecule has 0 radical (unpaired) electrons. The number of para-hydroxylation sites is 1. The molecule has 0 aliphatic carbocycles. The maximum Gasteiger partial charge on any atom is 0.323 e. The van der Waals surface area contributed by atoms with Gasteiger partial charge in [0.05, 0.1) is 24.5 Å². The summed E-state index contributed by atoms with van der Waals surface area (Å²) in [6.45, 7) is 6.10. The van der Waals surface area contributed by atoms with Gasteiger partial charge in [0.2, 0.25) is 0 Å².